The molecule has 0 spiro atoms. The van der Waals surface area contributed by atoms with Crippen molar-refractivity contribution in [3.63, 3.8) is 0 Å². The summed E-state index contributed by atoms with van der Waals surface area (Å²) < 4.78 is 5.32. The number of benzene rings is 2. The number of carbonyl (C=O) groups excluding carboxylic acids is 2. The van der Waals surface area contributed by atoms with Gasteiger partial charge in [0.2, 0.25) is 11.8 Å². The number of methoxy groups -OCH3 is 1. The third kappa shape index (κ3) is 5.01. The maximum absolute atomic E-state index is 12.7. The number of para-hydroxylation sites is 1. The average molecular weight is 389 g/mol. The molecule has 2 amide bonds. The van der Waals surface area contributed by atoms with Crippen LogP contribution in [-0.4, -0.2) is 25.5 Å². The third-order valence-electron chi connectivity index (χ3n) is 4.38. The summed E-state index contributed by atoms with van der Waals surface area (Å²) in [6, 6.07) is 11.0. The minimum absolute atomic E-state index is 0.132. The van der Waals surface area contributed by atoms with Gasteiger partial charge in [0.1, 0.15) is 12.3 Å². The van der Waals surface area contributed by atoms with E-state index in [1.165, 1.54) is 18.9 Å². The maximum Gasteiger partial charge on any atom is 0.244 e. The van der Waals surface area contributed by atoms with Crippen LogP contribution in [0.25, 0.3) is 0 Å². The van der Waals surface area contributed by atoms with Gasteiger partial charge in [-0.25, -0.2) is 0 Å². The zero-order valence-electron chi connectivity index (χ0n) is 16.1. The van der Waals surface area contributed by atoms with Crippen molar-refractivity contribution in [3.8, 4) is 5.75 Å². The zero-order chi connectivity index (χ0) is 20.0. The van der Waals surface area contributed by atoms with E-state index >= 15 is 0 Å². The van der Waals surface area contributed by atoms with Crippen molar-refractivity contribution in [1.82, 2.24) is 0 Å². The van der Waals surface area contributed by atoms with Gasteiger partial charge in [0, 0.05) is 17.6 Å². The van der Waals surface area contributed by atoms with E-state index in [1.54, 1.807) is 18.2 Å². The van der Waals surface area contributed by atoms with Crippen LogP contribution in [0.2, 0.25) is 5.02 Å². The summed E-state index contributed by atoms with van der Waals surface area (Å²) in [4.78, 5) is 26.3. The number of anilines is 2. The fourth-order valence-corrected chi connectivity index (χ4v) is 3.13. The van der Waals surface area contributed by atoms with Crippen molar-refractivity contribution < 1.29 is 14.3 Å². The summed E-state index contributed by atoms with van der Waals surface area (Å²) in [5, 5.41) is 3.44. The first kappa shape index (κ1) is 20.8. The van der Waals surface area contributed by atoms with Crippen molar-refractivity contribution in [1.29, 1.82) is 0 Å². The Labute approximate surface area is 165 Å². The summed E-state index contributed by atoms with van der Waals surface area (Å²) in [6.45, 7) is 5.37. The van der Waals surface area contributed by atoms with Crippen LogP contribution in [0.3, 0.4) is 0 Å². The molecule has 0 radical (unpaired) electrons. The molecule has 0 atom stereocenters. The fourth-order valence-electron chi connectivity index (χ4n) is 2.97. The molecule has 0 aliphatic heterocycles. The maximum atomic E-state index is 12.7. The quantitative estimate of drug-likeness (QED) is 0.761. The highest BCUT2D eigenvalue weighted by molar-refractivity contribution is 6.31. The Hall–Kier alpha value is -2.53. The molecule has 2 aromatic carbocycles. The first-order valence-electron chi connectivity index (χ1n) is 8.93. The molecule has 6 heteroatoms. The lowest BCUT2D eigenvalue weighted by Crippen LogP contribution is -2.37. The van der Waals surface area contributed by atoms with Gasteiger partial charge in [-0.15, -0.1) is 0 Å². The lowest BCUT2D eigenvalue weighted by molar-refractivity contribution is -0.120. The zero-order valence-corrected chi connectivity index (χ0v) is 16.9. The Bertz CT molecular complexity index is 814. The number of rotatable bonds is 7. The number of amides is 2. The Balaban J connectivity index is 2.30. The van der Waals surface area contributed by atoms with Gasteiger partial charge in [0.05, 0.1) is 12.8 Å². The summed E-state index contributed by atoms with van der Waals surface area (Å²) in [6.07, 6.45) is 1.62. The molecule has 144 valence electrons. The molecule has 0 saturated carbocycles. The molecule has 27 heavy (non-hydrogen) atoms. The topological polar surface area (TPSA) is 58.6 Å². The van der Waals surface area contributed by atoms with E-state index in [9.17, 15) is 9.59 Å². The van der Waals surface area contributed by atoms with E-state index in [2.05, 4.69) is 5.32 Å². The SMILES string of the molecule is CCc1cccc(CC)c1NC(=O)CN(C(C)=O)c1cc(Cl)ccc1OC. The van der Waals surface area contributed by atoms with Gasteiger partial charge in [-0.05, 0) is 42.2 Å². The first-order valence-corrected chi connectivity index (χ1v) is 9.31. The molecule has 2 rings (SSSR count). The summed E-state index contributed by atoms with van der Waals surface area (Å²) in [5.41, 5.74) is 3.43. The number of ether oxygens (including phenoxy) is 1. The summed E-state index contributed by atoms with van der Waals surface area (Å²) in [5.74, 6) is -0.0707. The number of hydrogen-bond acceptors (Lipinski definition) is 3. The molecule has 0 saturated heterocycles. The molecule has 0 heterocycles. The van der Waals surface area contributed by atoms with Crippen LogP contribution in [-0.2, 0) is 22.4 Å². The van der Waals surface area contributed by atoms with Crippen LogP contribution >= 0.6 is 11.6 Å². The molecule has 0 aliphatic rings. The van der Waals surface area contributed by atoms with E-state index in [1.807, 2.05) is 32.0 Å². The minimum Gasteiger partial charge on any atom is -0.495 e. The largest absolute Gasteiger partial charge is 0.495 e. The number of nitrogens with one attached hydrogen (secondary N) is 1. The highest BCUT2D eigenvalue weighted by Gasteiger charge is 2.21. The van der Waals surface area contributed by atoms with Gasteiger partial charge >= 0.3 is 0 Å². The molecule has 0 aliphatic carbocycles. The van der Waals surface area contributed by atoms with Gasteiger partial charge in [0.15, 0.2) is 0 Å². The molecular weight excluding hydrogens is 364 g/mol. The van der Waals surface area contributed by atoms with E-state index in [4.69, 9.17) is 16.3 Å². The number of halogens is 1. The van der Waals surface area contributed by atoms with Crippen molar-refractivity contribution in [2.45, 2.75) is 33.6 Å². The van der Waals surface area contributed by atoms with Gasteiger partial charge in [-0.1, -0.05) is 43.6 Å². The monoisotopic (exact) mass is 388 g/mol. The lowest BCUT2D eigenvalue weighted by atomic mass is 10.0. The second kappa shape index (κ2) is 9.42. The standard InChI is InChI=1S/C21H25ClN2O3/c1-5-15-8-7-9-16(6-2)21(15)23-20(26)13-24(14(3)25)18-12-17(22)10-11-19(18)27-4/h7-12H,5-6,13H2,1-4H3,(H,23,26). The Morgan fingerprint density at radius 2 is 1.74 bits per heavy atom. The Kier molecular flexibility index (Phi) is 7.25. The molecule has 2 aromatic rings. The van der Waals surface area contributed by atoms with Crippen molar-refractivity contribution >= 4 is 34.8 Å². The average Bonchev–Trinajstić information content (AvgIpc) is 2.66. The van der Waals surface area contributed by atoms with E-state index < -0.39 is 0 Å². The molecule has 1 N–H and O–H groups in total. The van der Waals surface area contributed by atoms with Gasteiger partial charge in [-0.2, -0.15) is 0 Å². The normalized spacial score (nSPS) is 10.4. The van der Waals surface area contributed by atoms with E-state index in [0.717, 1.165) is 29.7 Å². The van der Waals surface area contributed by atoms with Crippen LogP contribution in [0.1, 0.15) is 31.9 Å². The molecule has 0 aromatic heterocycles. The summed E-state index contributed by atoms with van der Waals surface area (Å²) >= 11 is 6.07. The van der Waals surface area contributed by atoms with Gasteiger partial charge < -0.3 is 10.1 Å². The van der Waals surface area contributed by atoms with Crippen LogP contribution in [0.15, 0.2) is 36.4 Å². The predicted molar refractivity (Wildman–Crippen MR) is 110 cm³/mol. The van der Waals surface area contributed by atoms with Crippen LogP contribution in [0.5, 0.6) is 5.75 Å². The van der Waals surface area contributed by atoms with E-state index in [0.29, 0.717) is 16.5 Å². The molecule has 0 fully saturated rings. The van der Waals surface area contributed by atoms with Crippen molar-refractivity contribution in [3.05, 3.63) is 52.5 Å². The first-order chi connectivity index (χ1) is 12.9. The van der Waals surface area contributed by atoms with Crippen molar-refractivity contribution in [2.24, 2.45) is 0 Å². The van der Waals surface area contributed by atoms with Crippen LogP contribution in [0.4, 0.5) is 11.4 Å². The third-order valence-corrected chi connectivity index (χ3v) is 4.61. The lowest BCUT2D eigenvalue weighted by Gasteiger charge is -2.23. The highest BCUT2D eigenvalue weighted by Crippen LogP contribution is 2.31. The van der Waals surface area contributed by atoms with Crippen LogP contribution < -0.4 is 15.0 Å². The minimum atomic E-state index is -0.275. The second-order valence-electron chi connectivity index (χ2n) is 6.13. The predicted octanol–water partition coefficient (Wildman–Crippen LogP) is 4.47. The van der Waals surface area contributed by atoms with Crippen LogP contribution in [0, 0.1) is 0 Å². The number of nitrogens with zero attached hydrogens (tertiary/aromatic N) is 1. The highest BCUT2D eigenvalue weighted by atomic mass is 35.5. The smallest absolute Gasteiger partial charge is 0.244 e. The van der Waals surface area contributed by atoms with E-state index in [-0.39, 0.29) is 18.4 Å². The number of aryl methyl sites for hydroxylation is 2. The summed E-state index contributed by atoms with van der Waals surface area (Å²) in [7, 11) is 1.51. The number of hydrogen-bond donors (Lipinski definition) is 1. The van der Waals surface area contributed by atoms with Gasteiger partial charge in [-0.3, -0.25) is 14.5 Å². The second-order valence-corrected chi connectivity index (χ2v) is 6.56. The Morgan fingerprint density at radius 3 is 2.26 bits per heavy atom. The fraction of sp³-hybridized carbons (Fsp3) is 0.333. The van der Waals surface area contributed by atoms with Crippen molar-refractivity contribution in [2.75, 3.05) is 23.9 Å². The Morgan fingerprint density at radius 1 is 1.11 bits per heavy atom. The van der Waals surface area contributed by atoms with Gasteiger partial charge in [0.25, 0.3) is 0 Å². The molecule has 0 bridgehead atoms. The molecule has 5 nitrogen and oxygen atoms in total. The molecule has 0 unspecified atom stereocenters. The number of carbonyl (C=O) groups is 2. The molecular formula is C21H25ClN2O3.